The molecule has 16 heavy (non-hydrogen) atoms. The number of aromatic hydroxyl groups is 2. The molecule has 0 spiro atoms. The number of carbonyl (C=O) groups excluding carboxylic acids is 1. The average molecular weight is 221 g/mol. The van der Waals surface area contributed by atoms with Gasteiger partial charge >= 0.3 is 0 Å². The van der Waals surface area contributed by atoms with E-state index in [0.717, 1.165) is 5.57 Å². The summed E-state index contributed by atoms with van der Waals surface area (Å²) in [6.45, 7) is 4.26. The molecule has 1 aromatic carbocycles. The number of carbonyl (C=O) groups is 1. The number of phenolic OH excluding ortho intramolecular Hbond substituents is 2. The summed E-state index contributed by atoms with van der Waals surface area (Å²) in [4.78, 5) is 11.6. The molecule has 0 atom stereocenters. The summed E-state index contributed by atoms with van der Waals surface area (Å²) >= 11 is 0. The molecule has 4 heteroatoms. The molecule has 0 radical (unpaired) electrons. The van der Waals surface area contributed by atoms with Gasteiger partial charge in [-0.25, -0.2) is 0 Å². The third-order valence-corrected chi connectivity index (χ3v) is 2.00. The molecule has 86 valence electrons. The number of benzene rings is 1. The van der Waals surface area contributed by atoms with E-state index in [4.69, 9.17) is 0 Å². The first-order valence-electron chi connectivity index (χ1n) is 4.94. The smallest absolute Gasteiger partial charge is 0.255 e. The van der Waals surface area contributed by atoms with Crippen molar-refractivity contribution in [3.05, 3.63) is 35.4 Å². The predicted molar refractivity (Wildman–Crippen MR) is 61.5 cm³/mol. The van der Waals surface area contributed by atoms with E-state index in [1.807, 2.05) is 19.9 Å². The molecule has 0 fully saturated rings. The molecule has 0 saturated carbocycles. The number of hydrogen-bond donors (Lipinski definition) is 3. The Kier molecular flexibility index (Phi) is 3.94. The minimum absolute atomic E-state index is 0.0508. The highest BCUT2D eigenvalue weighted by Gasteiger charge is 2.10. The number of allylic oxidation sites excluding steroid dienone is 1. The number of phenols is 2. The van der Waals surface area contributed by atoms with E-state index in [9.17, 15) is 15.0 Å². The van der Waals surface area contributed by atoms with E-state index in [-0.39, 0.29) is 17.1 Å². The van der Waals surface area contributed by atoms with Crippen LogP contribution in [0.2, 0.25) is 0 Å². The van der Waals surface area contributed by atoms with Crippen LogP contribution in [0.5, 0.6) is 11.5 Å². The predicted octanol–water partition coefficient (Wildman–Crippen LogP) is 1.79. The van der Waals surface area contributed by atoms with Crippen molar-refractivity contribution in [2.45, 2.75) is 13.8 Å². The van der Waals surface area contributed by atoms with Gasteiger partial charge in [-0.1, -0.05) is 11.6 Å². The molecule has 1 aromatic rings. The molecule has 0 aliphatic carbocycles. The van der Waals surface area contributed by atoms with Crippen LogP contribution in [0, 0.1) is 0 Å². The number of nitrogens with one attached hydrogen (secondary N) is 1. The van der Waals surface area contributed by atoms with Gasteiger partial charge in [-0.05, 0) is 32.0 Å². The van der Waals surface area contributed by atoms with Gasteiger partial charge in [0.15, 0.2) is 0 Å². The summed E-state index contributed by atoms with van der Waals surface area (Å²) in [5.41, 5.74) is 1.17. The van der Waals surface area contributed by atoms with E-state index in [0.29, 0.717) is 6.54 Å². The summed E-state index contributed by atoms with van der Waals surface area (Å²) in [6.07, 6.45) is 1.86. The lowest BCUT2D eigenvalue weighted by Crippen LogP contribution is -2.23. The SMILES string of the molecule is CC(C)=CCNC(=O)c1cc(O)ccc1O. The highest BCUT2D eigenvalue weighted by molar-refractivity contribution is 5.97. The molecular formula is C12H15NO3. The summed E-state index contributed by atoms with van der Waals surface area (Å²) in [6, 6.07) is 3.83. The van der Waals surface area contributed by atoms with Gasteiger partial charge in [0.1, 0.15) is 11.5 Å². The van der Waals surface area contributed by atoms with Crippen LogP contribution in [-0.4, -0.2) is 22.7 Å². The van der Waals surface area contributed by atoms with Crippen molar-refractivity contribution in [2.75, 3.05) is 6.54 Å². The van der Waals surface area contributed by atoms with Crippen molar-refractivity contribution < 1.29 is 15.0 Å². The third-order valence-electron chi connectivity index (χ3n) is 2.00. The largest absolute Gasteiger partial charge is 0.508 e. The van der Waals surface area contributed by atoms with Crippen molar-refractivity contribution in [2.24, 2.45) is 0 Å². The van der Waals surface area contributed by atoms with Crippen LogP contribution >= 0.6 is 0 Å². The molecular weight excluding hydrogens is 206 g/mol. The third kappa shape index (κ3) is 3.31. The zero-order valence-corrected chi connectivity index (χ0v) is 9.32. The Balaban J connectivity index is 2.73. The highest BCUT2D eigenvalue weighted by Crippen LogP contribution is 2.21. The van der Waals surface area contributed by atoms with Crippen LogP contribution in [0.4, 0.5) is 0 Å². The van der Waals surface area contributed by atoms with Gasteiger partial charge in [0, 0.05) is 6.54 Å². The maximum atomic E-state index is 11.6. The topological polar surface area (TPSA) is 69.6 Å². The zero-order chi connectivity index (χ0) is 12.1. The average Bonchev–Trinajstić information content (AvgIpc) is 2.21. The van der Waals surface area contributed by atoms with Crippen LogP contribution in [-0.2, 0) is 0 Å². The molecule has 0 saturated heterocycles. The minimum atomic E-state index is -0.411. The Morgan fingerprint density at radius 1 is 1.38 bits per heavy atom. The van der Waals surface area contributed by atoms with Crippen molar-refractivity contribution in [1.82, 2.24) is 5.32 Å². The molecule has 0 aliphatic heterocycles. The number of amides is 1. The first-order valence-corrected chi connectivity index (χ1v) is 4.94. The van der Waals surface area contributed by atoms with Gasteiger partial charge < -0.3 is 15.5 Å². The lowest BCUT2D eigenvalue weighted by atomic mass is 10.1. The van der Waals surface area contributed by atoms with E-state index in [1.54, 1.807) is 0 Å². The molecule has 0 aliphatic rings. The first kappa shape index (κ1) is 12.1. The van der Waals surface area contributed by atoms with Crippen LogP contribution in [0.3, 0.4) is 0 Å². The fourth-order valence-corrected chi connectivity index (χ4v) is 1.15. The van der Waals surface area contributed by atoms with Gasteiger partial charge in [0.05, 0.1) is 5.56 Å². The Hall–Kier alpha value is -1.97. The molecule has 0 heterocycles. The van der Waals surface area contributed by atoms with Gasteiger partial charge in [0.25, 0.3) is 5.91 Å². The van der Waals surface area contributed by atoms with Crippen LogP contribution < -0.4 is 5.32 Å². The van der Waals surface area contributed by atoms with Gasteiger partial charge in [-0.3, -0.25) is 4.79 Å². The molecule has 0 bridgehead atoms. The van der Waals surface area contributed by atoms with Crippen LogP contribution in [0.1, 0.15) is 24.2 Å². The fourth-order valence-electron chi connectivity index (χ4n) is 1.15. The monoisotopic (exact) mass is 221 g/mol. The van der Waals surface area contributed by atoms with Gasteiger partial charge in [-0.2, -0.15) is 0 Å². The zero-order valence-electron chi connectivity index (χ0n) is 9.32. The fraction of sp³-hybridized carbons (Fsp3) is 0.250. The van der Waals surface area contributed by atoms with Crippen molar-refractivity contribution >= 4 is 5.91 Å². The maximum absolute atomic E-state index is 11.6. The normalized spacial score (nSPS) is 9.62. The Morgan fingerprint density at radius 2 is 2.06 bits per heavy atom. The first-order chi connectivity index (χ1) is 7.50. The summed E-state index contributed by atoms with van der Waals surface area (Å²) < 4.78 is 0. The lowest BCUT2D eigenvalue weighted by Gasteiger charge is -2.05. The van der Waals surface area contributed by atoms with E-state index in [2.05, 4.69) is 5.32 Å². The molecule has 1 amide bonds. The Labute approximate surface area is 94.2 Å². The summed E-state index contributed by atoms with van der Waals surface area (Å²) in [5, 5.41) is 21.2. The minimum Gasteiger partial charge on any atom is -0.508 e. The summed E-state index contributed by atoms with van der Waals surface area (Å²) in [7, 11) is 0. The highest BCUT2D eigenvalue weighted by atomic mass is 16.3. The second kappa shape index (κ2) is 5.21. The summed E-state index contributed by atoms with van der Waals surface area (Å²) in [5.74, 6) is -0.608. The standard InChI is InChI=1S/C12H15NO3/c1-8(2)5-6-13-12(16)10-7-9(14)3-4-11(10)15/h3-5,7,14-15H,6H2,1-2H3,(H,13,16). The Bertz CT molecular complexity index is 420. The van der Waals surface area contributed by atoms with E-state index in [1.165, 1.54) is 18.2 Å². The second-order valence-electron chi connectivity index (χ2n) is 3.69. The van der Waals surface area contributed by atoms with Crippen molar-refractivity contribution in [3.63, 3.8) is 0 Å². The van der Waals surface area contributed by atoms with E-state index >= 15 is 0 Å². The molecule has 1 rings (SSSR count). The molecule has 0 aromatic heterocycles. The van der Waals surface area contributed by atoms with Crippen LogP contribution in [0.25, 0.3) is 0 Å². The Morgan fingerprint density at radius 3 is 2.69 bits per heavy atom. The second-order valence-corrected chi connectivity index (χ2v) is 3.69. The number of rotatable bonds is 3. The van der Waals surface area contributed by atoms with E-state index < -0.39 is 5.91 Å². The molecule has 3 N–H and O–H groups in total. The molecule has 4 nitrogen and oxygen atoms in total. The van der Waals surface area contributed by atoms with Crippen LogP contribution in [0.15, 0.2) is 29.8 Å². The number of hydrogen-bond acceptors (Lipinski definition) is 3. The van der Waals surface area contributed by atoms with Gasteiger partial charge in [-0.15, -0.1) is 0 Å². The lowest BCUT2D eigenvalue weighted by molar-refractivity contribution is 0.0955. The maximum Gasteiger partial charge on any atom is 0.255 e. The van der Waals surface area contributed by atoms with Crippen molar-refractivity contribution in [1.29, 1.82) is 0 Å². The van der Waals surface area contributed by atoms with Gasteiger partial charge in [0.2, 0.25) is 0 Å². The molecule has 0 unspecified atom stereocenters. The van der Waals surface area contributed by atoms with Crippen molar-refractivity contribution in [3.8, 4) is 11.5 Å². The quantitative estimate of drug-likeness (QED) is 0.538.